The summed E-state index contributed by atoms with van der Waals surface area (Å²) in [7, 11) is 0. The summed E-state index contributed by atoms with van der Waals surface area (Å²) in [6.45, 7) is 3.54. The van der Waals surface area contributed by atoms with Gasteiger partial charge in [0.05, 0.1) is 25.0 Å². The Morgan fingerprint density at radius 2 is 1.93 bits per heavy atom. The molecule has 1 aromatic heterocycles. The van der Waals surface area contributed by atoms with Crippen LogP contribution in [0.4, 0.5) is 10.5 Å². The lowest BCUT2D eigenvalue weighted by atomic mass is 9.81. The Morgan fingerprint density at radius 3 is 2.57 bits per heavy atom. The third-order valence-corrected chi connectivity index (χ3v) is 6.01. The fourth-order valence-electron chi connectivity index (χ4n) is 4.81. The van der Waals surface area contributed by atoms with Crippen LogP contribution in [0.15, 0.2) is 47.1 Å². The molecule has 4 atom stereocenters. The van der Waals surface area contributed by atoms with E-state index >= 15 is 0 Å². The molecule has 3 heterocycles. The molecule has 2 fully saturated rings. The van der Waals surface area contributed by atoms with Crippen LogP contribution < -0.4 is 20.3 Å². The minimum Gasteiger partial charge on any atom is -0.494 e. The molecule has 1 aromatic carbocycles. The topological polar surface area (TPSA) is 67.9 Å². The Hall–Kier alpha value is -2.47. The molecular weight excluding hydrogens is 354 g/mol. The predicted octanol–water partition coefficient (Wildman–Crippen LogP) is 2.97. The number of urea groups is 1. The smallest absolute Gasteiger partial charge is 0.319 e. The molecule has 28 heavy (non-hydrogen) atoms. The molecule has 3 N–H and O–H groups in total. The van der Waals surface area contributed by atoms with E-state index in [2.05, 4.69) is 16.7 Å². The van der Waals surface area contributed by atoms with E-state index in [0.29, 0.717) is 18.7 Å². The van der Waals surface area contributed by atoms with Crippen molar-refractivity contribution in [3.63, 3.8) is 0 Å². The Balaban J connectivity index is 1.31. The normalized spacial score (nSPS) is 26.5. The van der Waals surface area contributed by atoms with Crippen LogP contribution in [0.5, 0.6) is 5.75 Å². The molecule has 6 nitrogen and oxygen atoms in total. The van der Waals surface area contributed by atoms with Gasteiger partial charge in [0.25, 0.3) is 0 Å². The molecule has 2 aliphatic heterocycles. The molecule has 2 saturated heterocycles. The van der Waals surface area contributed by atoms with Crippen LogP contribution in [-0.2, 0) is 6.54 Å². The van der Waals surface area contributed by atoms with Crippen molar-refractivity contribution in [2.45, 2.75) is 63.7 Å². The summed E-state index contributed by atoms with van der Waals surface area (Å²) in [5, 5.41) is 6.14. The second-order valence-corrected chi connectivity index (χ2v) is 7.88. The van der Waals surface area contributed by atoms with Gasteiger partial charge in [0.1, 0.15) is 12.3 Å². The van der Waals surface area contributed by atoms with Crippen molar-refractivity contribution in [2.75, 3.05) is 11.9 Å². The molecule has 0 radical (unpaired) electrons. The average molecular weight is 385 g/mol. The molecule has 2 aliphatic rings. The van der Waals surface area contributed by atoms with Crippen molar-refractivity contribution < 1.29 is 18.8 Å². The fraction of sp³-hybridized carbons (Fsp3) is 0.500. The van der Waals surface area contributed by atoms with Gasteiger partial charge in [-0.15, -0.1) is 0 Å². The van der Waals surface area contributed by atoms with Gasteiger partial charge in [-0.1, -0.05) is 0 Å². The van der Waals surface area contributed by atoms with E-state index in [4.69, 9.17) is 9.15 Å². The van der Waals surface area contributed by atoms with E-state index in [1.807, 2.05) is 37.3 Å². The van der Waals surface area contributed by atoms with Crippen LogP contribution in [0.25, 0.3) is 0 Å². The van der Waals surface area contributed by atoms with E-state index in [0.717, 1.165) is 36.6 Å². The summed E-state index contributed by atoms with van der Waals surface area (Å²) in [5.74, 6) is 1.87. The van der Waals surface area contributed by atoms with Gasteiger partial charge < -0.3 is 24.7 Å². The van der Waals surface area contributed by atoms with Crippen molar-refractivity contribution in [3.8, 4) is 5.75 Å². The number of furan rings is 1. The van der Waals surface area contributed by atoms with Crippen LogP contribution in [0.2, 0.25) is 0 Å². The van der Waals surface area contributed by atoms with E-state index in [9.17, 15) is 4.79 Å². The number of benzene rings is 1. The molecule has 0 spiro atoms. The fourth-order valence-corrected chi connectivity index (χ4v) is 4.81. The molecule has 2 amide bonds. The quantitative estimate of drug-likeness (QED) is 0.717. The highest BCUT2D eigenvalue weighted by Crippen LogP contribution is 2.23. The lowest BCUT2D eigenvalue weighted by molar-refractivity contribution is -0.974. The Bertz CT molecular complexity index is 746. The first-order chi connectivity index (χ1) is 13.7. The minimum absolute atomic E-state index is 0.123. The number of fused-ring (bicyclic) bond motifs is 2. The number of ether oxygens (including phenoxy) is 1. The van der Waals surface area contributed by atoms with E-state index in [1.54, 1.807) is 11.2 Å². The molecular formula is C22H30N3O3+. The molecule has 2 unspecified atom stereocenters. The first-order valence-electron chi connectivity index (χ1n) is 10.4. The summed E-state index contributed by atoms with van der Waals surface area (Å²) >= 11 is 0. The zero-order chi connectivity index (χ0) is 19.3. The number of rotatable bonds is 6. The zero-order valence-corrected chi connectivity index (χ0v) is 16.4. The van der Waals surface area contributed by atoms with Gasteiger partial charge in [-0.3, -0.25) is 0 Å². The van der Waals surface area contributed by atoms with Crippen LogP contribution >= 0.6 is 0 Å². The number of anilines is 1. The van der Waals surface area contributed by atoms with Crippen LogP contribution in [0.3, 0.4) is 0 Å². The summed E-state index contributed by atoms with van der Waals surface area (Å²) in [4.78, 5) is 14.1. The first kappa shape index (κ1) is 18.9. The number of piperidine rings is 2. The highest BCUT2D eigenvalue weighted by Gasteiger charge is 2.42. The average Bonchev–Trinajstić information content (AvgIpc) is 3.17. The summed E-state index contributed by atoms with van der Waals surface area (Å²) in [6, 6.07) is 12.8. The van der Waals surface area contributed by atoms with E-state index in [-0.39, 0.29) is 12.1 Å². The highest BCUT2D eigenvalue weighted by molar-refractivity contribution is 5.89. The number of amides is 2. The highest BCUT2D eigenvalue weighted by atomic mass is 16.5. The Labute approximate surface area is 166 Å². The second-order valence-electron chi connectivity index (χ2n) is 7.88. The van der Waals surface area contributed by atoms with Crippen LogP contribution in [0, 0.1) is 0 Å². The maximum absolute atomic E-state index is 12.5. The molecule has 4 rings (SSSR count). The Kier molecular flexibility index (Phi) is 5.86. The van der Waals surface area contributed by atoms with E-state index in [1.165, 1.54) is 19.3 Å². The molecule has 0 saturated carbocycles. The van der Waals surface area contributed by atoms with Gasteiger partial charge >= 0.3 is 6.03 Å². The third kappa shape index (κ3) is 4.50. The standard InChI is InChI=1S/C22H29N3O3/c1-2-27-20-10-8-16(9-11-20)23-22(26)24-17-13-18-5-3-6-19(14-17)25(18)15-21-7-4-12-28-21/h4,7-12,17-19H,2-3,5-6,13-15H2,1H3,(H2,23,24,26)/p+1/t17?,18-,19+. The van der Waals surface area contributed by atoms with Gasteiger partial charge in [-0.25, -0.2) is 4.79 Å². The number of carbonyl (C=O) groups is 1. The van der Waals surface area contributed by atoms with Crippen LogP contribution in [0.1, 0.15) is 44.8 Å². The lowest BCUT2D eigenvalue weighted by Crippen LogP contribution is -3.20. The summed E-state index contributed by atoms with van der Waals surface area (Å²) in [6.07, 6.45) is 7.56. The summed E-state index contributed by atoms with van der Waals surface area (Å²) in [5.41, 5.74) is 0.780. The Morgan fingerprint density at radius 1 is 1.18 bits per heavy atom. The van der Waals surface area contributed by atoms with Gasteiger partial charge in [0.15, 0.2) is 5.76 Å². The van der Waals surface area contributed by atoms with Crippen LogP contribution in [-0.4, -0.2) is 30.8 Å². The largest absolute Gasteiger partial charge is 0.494 e. The number of hydrogen-bond donors (Lipinski definition) is 3. The molecule has 2 aromatic rings. The van der Waals surface area contributed by atoms with Gasteiger partial charge in [-0.2, -0.15) is 0 Å². The van der Waals surface area contributed by atoms with Gasteiger partial charge in [0, 0.05) is 24.6 Å². The van der Waals surface area contributed by atoms with E-state index < -0.39 is 0 Å². The summed E-state index contributed by atoms with van der Waals surface area (Å²) < 4.78 is 11.0. The van der Waals surface area contributed by atoms with Crippen molar-refractivity contribution in [1.82, 2.24) is 5.32 Å². The van der Waals surface area contributed by atoms with Crippen molar-refractivity contribution >= 4 is 11.7 Å². The minimum atomic E-state index is -0.123. The monoisotopic (exact) mass is 384 g/mol. The van der Waals surface area contributed by atoms with Gasteiger partial charge in [0.2, 0.25) is 0 Å². The van der Waals surface area contributed by atoms with Crippen molar-refractivity contribution in [2.24, 2.45) is 0 Å². The number of carbonyl (C=O) groups excluding carboxylic acids is 1. The third-order valence-electron chi connectivity index (χ3n) is 6.01. The molecule has 0 aliphatic carbocycles. The number of hydrogen-bond acceptors (Lipinski definition) is 3. The number of quaternary nitrogens is 1. The molecule has 6 heteroatoms. The SMILES string of the molecule is CCOc1ccc(NC(=O)NC2C[C@H]3CCC[C@@H](C2)[NH+]3Cc2ccco2)cc1. The molecule has 2 bridgehead atoms. The maximum atomic E-state index is 12.5. The van der Waals surface area contributed by atoms with Crippen molar-refractivity contribution in [1.29, 1.82) is 0 Å². The van der Waals surface area contributed by atoms with Crippen molar-refractivity contribution in [3.05, 3.63) is 48.4 Å². The number of nitrogens with one attached hydrogen (secondary N) is 3. The van der Waals surface area contributed by atoms with Gasteiger partial charge in [-0.05, 0) is 62.6 Å². The predicted molar refractivity (Wildman–Crippen MR) is 108 cm³/mol. The second kappa shape index (κ2) is 8.69. The first-order valence-corrected chi connectivity index (χ1v) is 10.4. The zero-order valence-electron chi connectivity index (χ0n) is 16.4. The maximum Gasteiger partial charge on any atom is 0.319 e. The lowest BCUT2D eigenvalue weighted by Gasteiger charge is -2.45. The molecule has 150 valence electrons.